The van der Waals surface area contributed by atoms with Crippen molar-refractivity contribution in [2.24, 2.45) is 5.73 Å². The minimum absolute atomic E-state index is 0.388. The Morgan fingerprint density at radius 1 is 1.32 bits per heavy atom. The second-order valence-electron chi connectivity index (χ2n) is 6.47. The lowest BCUT2D eigenvalue weighted by atomic mass is 9.97. The summed E-state index contributed by atoms with van der Waals surface area (Å²) in [5, 5.41) is 2.73. The van der Waals surface area contributed by atoms with Crippen LogP contribution in [0.25, 0.3) is 0 Å². The van der Waals surface area contributed by atoms with E-state index >= 15 is 0 Å². The molecular weight excluding hydrogens is 282 g/mol. The van der Waals surface area contributed by atoms with Crippen LogP contribution in [0.5, 0.6) is 0 Å². The van der Waals surface area contributed by atoms with Crippen LogP contribution in [-0.2, 0) is 24.2 Å². The molecule has 0 saturated carbocycles. The van der Waals surface area contributed by atoms with Crippen LogP contribution in [0, 0.1) is 0 Å². The fourth-order valence-electron chi connectivity index (χ4n) is 2.40. The molecule has 6 nitrogen and oxygen atoms in total. The van der Waals surface area contributed by atoms with Crippen molar-refractivity contribution in [2.45, 2.75) is 45.9 Å². The second kappa shape index (κ2) is 6.25. The van der Waals surface area contributed by atoms with Gasteiger partial charge in [0.15, 0.2) is 0 Å². The molecule has 0 aromatic heterocycles. The number of primary amides is 1. The summed E-state index contributed by atoms with van der Waals surface area (Å²) in [4.78, 5) is 24.5. The Hall–Kier alpha value is -2.24. The number of urea groups is 1. The van der Waals surface area contributed by atoms with E-state index in [2.05, 4.69) is 5.32 Å². The number of ether oxygens (including phenoxy) is 1. The summed E-state index contributed by atoms with van der Waals surface area (Å²) < 4.78 is 5.20. The van der Waals surface area contributed by atoms with E-state index in [-0.39, 0.29) is 0 Å². The highest BCUT2D eigenvalue weighted by Gasteiger charge is 2.19. The van der Waals surface area contributed by atoms with Gasteiger partial charge in [0.2, 0.25) is 0 Å². The lowest BCUT2D eigenvalue weighted by molar-refractivity contribution is 0.0523. The van der Waals surface area contributed by atoms with E-state index in [0.29, 0.717) is 19.6 Å². The molecule has 120 valence electrons. The third kappa shape index (κ3) is 4.38. The van der Waals surface area contributed by atoms with Crippen molar-refractivity contribution in [3.8, 4) is 0 Å². The Morgan fingerprint density at radius 2 is 2.05 bits per heavy atom. The zero-order valence-electron chi connectivity index (χ0n) is 13.3. The van der Waals surface area contributed by atoms with Crippen molar-refractivity contribution in [2.75, 3.05) is 6.54 Å². The lowest BCUT2D eigenvalue weighted by Crippen LogP contribution is -2.39. The quantitative estimate of drug-likeness (QED) is 0.878. The summed E-state index contributed by atoms with van der Waals surface area (Å²) >= 11 is 0. The van der Waals surface area contributed by atoms with Crippen molar-refractivity contribution >= 4 is 12.1 Å². The number of fused-ring (bicyclic) bond motifs is 1. The first-order valence-electron chi connectivity index (χ1n) is 7.36. The Labute approximate surface area is 130 Å². The first kappa shape index (κ1) is 16.1. The number of carbonyl (C=O) groups is 2. The average Bonchev–Trinajstić information content (AvgIpc) is 2.42. The van der Waals surface area contributed by atoms with Crippen molar-refractivity contribution < 1.29 is 14.3 Å². The first-order chi connectivity index (χ1) is 10.2. The summed E-state index contributed by atoms with van der Waals surface area (Å²) in [7, 11) is 0. The summed E-state index contributed by atoms with van der Waals surface area (Å²) in [6.45, 7) is 7.03. The minimum atomic E-state index is -0.512. The van der Waals surface area contributed by atoms with Crippen molar-refractivity contribution in [1.82, 2.24) is 10.2 Å². The highest BCUT2D eigenvalue weighted by molar-refractivity contribution is 5.72. The zero-order chi connectivity index (χ0) is 16.3. The molecular formula is C16H23N3O3. The van der Waals surface area contributed by atoms with Gasteiger partial charge in [0.05, 0.1) is 0 Å². The maximum atomic E-state index is 11.7. The van der Waals surface area contributed by atoms with Gasteiger partial charge in [0, 0.05) is 19.6 Å². The number of amides is 3. The maximum absolute atomic E-state index is 11.7. The number of hydrogen-bond donors (Lipinski definition) is 2. The standard InChI is InChI=1S/C16H23N3O3/c1-16(2,3)22-15(21)18-9-11-4-5-12-6-7-19(14(17)20)10-13(12)8-11/h4-5,8H,6-7,9-10H2,1-3H3,(H2,17,20)(H,18,21). The van der Waals surface area contributed by atoms with Crippen LogP contribution in [0.15, 0.2) is 18.2 Å². The molecule has 2 rings (SSSR count). The van der Waals surface area contributed by atoms with Gasteiger partial charge in [0.25, 0.3) is 0 Å². The Kier molecular flexibility index (Phi) is 4.59. The zero-order valence-corrected chi connectivity index (χ0v) is 13.3. The smallest absolute Gasteiger partial charge is 0.407 e. The van der Waals surface area contributed by atoms with Gasteiger partial charge in [-0.2, -0.15) is 0 Å². The molecule has 0 aliphatic carbocycles. The second-order valence-corrected chi connectivity index (χ2v) is 6.47. The third-order valence-corrected chi connectivity index (χ3v) is 3.43. The largest absolute Gasteiger partial charge is 0.444 e. The van der Waals surface area contributed by atoms with Crippen LogP contribution in [0.1, 0.15) is 37.5 Å². The van der Waals surface area contributed by atoms with Gasteiger partial charge in [-0.3, -0.25) is 0 Å². The molecule has 1 aliphatic heterocycles. The number of alkyl carbamates (subject to hydrolysis) is 1. The van der Waals surface area contributed by atoms with E-state index in [1.54, 1.807) is 4.90 Å². The van der Waals surface area contributed by atoms with Crippen LogP contribution < -0.4 is 11.1 Å². The molecule has 0 bridgehead atoms. The molecule has 0 radical (unpaired) electrons. The van der Waals surface area contributed by atoms with E-state index < -0.39 is 17.7 Å². The molecule has 22 heavy (non-hydrogen) atoms. The van der Waals surface area contributed by atoms with Gasteiger partial charge >= 0.3 is 12.1 Å². The van der Waals surface area contributed by atoms with Crippen LogP contribution >= 0.6 is 0 Å². The van der Waals surface area contributed by atoms with Gasteiger partial charge in [-0.25, -0.2) is 9.59 Å². The van der Waals surface area contributed by atoms with E-state index in [0.717, 1.165) is 17.5 Å². The van der Waals surface area contributed by atoms with Crippen molar-refractivity contribution in [3.05, 3.63) is 34.9 Å². The van der Waals surface area contributed by atoms with E-state index in [1.807, 2.05) is 39.0 Å². The van der Waals surface area contributed by atoms with Crippen LogP contribution in [0.4, 0.5) is 9.59 Å². The lowest BCUT2D eigenvalue weighted by Gasteiger charge is -2.27. The Bertz CT molecular complexity index is 578. The number of rotatable bonds is 2. The van der Waals surface area contributed by atoms with Gasteiger partial charge in [-0.15, -0.1) is 0 Å². The summed E-state index contributed by atoms with van der Waals surface area (Å²) in [5.41, 5.74) is 8.09. The number of benzene rings is 1. The molecule has 0 fully saturated rings. The third-order valence-electron chi connectivity index (χ3n) is 3.43. The first-order valence-corrected chi connectivity index (χ1v) is 7.36. The molecule has 0 unspecified atom stereocenters. The van der Waals surface area contributed by atoms with Crippen LogP contribution in [-0.4, -0.2) is 29.2 Å². The Morgan fingerprint density at radius 3 is 2.68 bits per heavy atom. The normalized spacial score (nSPS) is 14.2. The number of nitrogens with zero attached hydrogens (tertiary/aromatic N) is 1. The van der Waals surface area contributed by atoms with Crippen LogP contribution in [0.3, 0.4) is 0 Å². The van der Waals surface area contributed by atoms with E-state index in [1.165, 1.54) is 5.56 Å². The van der Waals surface area contributed by atoms with Crippen LogP contribution in [0.2, 0.25) is 0 Å². The highest BCUT2D eigenvalue weighted by atomic mass is 16.6. The molecule has 1 aromatic carbocycles. The fourth-order valence-corrected chi connectivity index (χ4v) is 2.40. The minimum Gasteiger partial charge on any atom is -0.444 e. The van der Waals surface area contributed by atoms with Gasteiger partial charge < -0.3 is 20.7 Å². The molecule has 1 heterocycles. The summed E-state index contributed by atoms with van der Waals surface area (Å²) in [5.74, 6) is 0. The molecule has 3 N–H and O–H groups in total. The topological polar surface area (TPSA) is 84.7 Å². The van der Waals surface area contributed by atoms with Gasteiger partial charge in [-0.05, 0) is 43.9 Å². The summed E-state index contributed by atoms with van der Waals surface area (Å²) in [6, 6.07) is 5.63. The number of nitrogens with two attached hydrogens (primary N) is 1. The predicted molar refractivity (Wildman–Crippen MR) is 83.2 cm³/mol. The number of hydrogen-bond acceptors (Lipinski definition) is 3. The summed E-state index contributed by atoms with van der Waals surface area (Å²) in [6.07, 6.45) is 0.363. The molecule has 0 spiro atoms. The number of nitrogens with one attached hydrogen (secondary N) is 1. The SMILES string of the molecule is CC(C)(C)OC(=O)NCc1ccc2c(c1)CN(C(N)=O)CC2. The Balaban J connectivity index is 1.98. The molecule has 1 aliphatic rings. The van der Waals surface area contributed by atoms with Crippen molar-refractivity contribution in [1.29, 1.82) is 0 Å². The molecule has 0 saturated heterocycles. The van der Waals surface area contributed by atoms with Gasteiger partial charge in [0.1, 0.15) is 5.60 Å². The molecule has 1 aromatic rings. The number of carbonyl (C=O) groups excluding carboxylic acids is 2. The monoisotopic (exact) mass is 305 g/mol. The molecule has 6 heteroatoms. The molecule has 0 atom stereocenters. The predicted octanol–water partition coefficient (Wildman–Crippen LogP) is 2.15. The maximum Gasteiger partial charge on any atom is 0.407 e. The van der Waals surface area contributed by atoms with Gasteiger partial charge in [-0.1, -0.05) is 18.2 Å². The van der Waals surface area contributed by atoms with Crippen molar-refractivity contribution in [3.63, 3.8) is 0 Å². The average molecular weight is 305 g/mol. The highest BCUT2D eigenvalue weighted by Crippen LogP contribution is 2.20. The molecule has 3 amide bonds. The van der Waals surface area contributed by atoms with E-state index in [4.69, 9.17) is 10.5 Å². The fraction of sp³-hybridized carbons (Fsp3) is 0.500. The van der Waals surface area contributed by atoms with E-state index in [9.17, 15) is 9.59 Å².